The summed E-state index contributed by atoms with van der Waals surface area (Å²) in [7, 11) is 1.74. The fraction of sp³-hybridized carbons (Fsp3) is 0.417. The van der Waals surface area contributed by atoms with Crippen LogP contribution in [-0.2, 0) is 11.2 Å². The number of amides is 1. The molecule has 2 heterocycles. The standard InChI is InChI=1S/C24H30N4O3/c1-25-24(27-15-20-17-30-21-9-5-6-10-22(21)31-20)26-14-19-13-23(29)28(16-19)12-11-18-7-3-2-4-8-18/h2-10,19-20H,11-17H2,1H3,(H2,25,26,27). The Kier molecular flexibility index (Phi) is 6.92. The molecule has 1 saturated heterocycles. The molecule has 0 saturated carbocycles. The Bertz CT molecular complexity index is 903. The smallest absolute Gasteiger partial charge is 0.223 e. The Hall–Kier alpha value is -3.22. The van der Waals surface area contributed by atoms with Gasteiger partial charge in [0.25, 0.3) is 0 Å². The minimum Gasteiger partial charge on any atom is -0.486 e. The molecule has 2 unspecified atom stereocenters. The third kappa shape index (κ3) is 5.69. The number of likely N-dealkylation sites (tertiary alicyclic amines) is 1. The van der Waals surface area contributed by atoms with Gasteiger partial charge >= 0.3 is 0 Å². The molecule has 0 radical (unpaired) electrons. The highest BCUT2D eigenvalue weighted by atomic mass is 16.6. The van der Waals surface area contributed by atoms with E-state index in [1.165, 1.54) is 5.56 Å². The first-order chi connectivity index (χ1) is 15.2. The molecule has 2 aliphatic heterocycles. The summed E-state index contributed by atoms with van der Waals surface area (Å²) in [5.74, 6) is 2.77. The Morgan fingerprint density at radius 1 is 1.06 bits per heavy atom. The predicted octanol–water partition coefficient (Wildman–Crippen LogP) is 2.08. The average Bonchev–Trinajstić information content (AvgIpc) is 3.17. The van der Waals surface area contributed by atoms with Gasteiger partial charge in [0, 0.05) is 39.0 Å². The Morgan fingerprint density at radius 3 is 2.61 bits per heavy atom. The summed E-state index contributed by atoms with van der Waals surface area (Å²) < 4.78 is 11.7. The molecule has 0 bridgehead atoms. The van der Waals surface area contributed by atoms with Gasteiger partial charge in [0.1, 0.15) is 12.7 Å². The third-order valence-corrected chi connectivity index (χ3v) is 5.65. The maximum Gasteiger partial charge on any atom is 0.223 e. The molecule has 7 nitrogen and oxygen atoms in total. The van der Waals surface area contributed by atoms with E-state index in [1.807, 2.05) is 47.4 Å². The molecule has 0 aromatic heterocycles. The van der Waals surface area contributed by atoms with Crippen molar-refractivity contribution in [2.45, 2.75) is 18.9 Å². The number of para-hydroxylation sites is 2. The molecule has 7 heteroatoms. The maximum absolute atomic E-state index is 12.4. The van der Waals surface area contributed by atoms with E-state index in [2.05, 4.69) is 27.8 Å². The van der Waals surface area contributed by atoms with Crippen molar-refractivity contribution in [3.8, 4) is 11.5 Å². The van der Waals surface area contributed by atoms with Crippen LogP contribution >= 0.6 is 0 Å². The van der Waals surface area contributed by atoms with E-state index in [1.54, 1.807) is 7.05 Å². The van der Waals surface area contributed by atoms with Crippen LogP contribution in [0.4, 0.5) is 0 Å². The summed E-state index contributed by atoms with van der Waals surface area (Å²) in [6.07, 6.45) is 1.38. The van der Waals surface area contributed by atoms with Gasteiger partial charge in [0.15, 0.2) is 17.5 Å². The van der Waals surface area contributed by atoms with Crippen molar-refractivity contribution in [1.29, 1.82) is 0 Å². The first-order valence-corrected chi connectivity index (χ1v) is 10.9. The molecule has 1 amide bonds. The highest BCUT2D eigenvalue weighted by Crippen LogP contribution is 2.30. The summed E-state index contributed by atoms with van der Waals surface area (Å²) in [6.45, 7) is 3.34. The van der Waals surface area contributed by atoms with Gasteiger partial charge in [-0.05, 0) is 24.1 Å². The largest absolute Gasteiger partial charge is 0.486 e. The Morgan fingerprint density at radius 2 is 1.81 bits per heavy atom. The molecule has 2 aromatic rings. The quantitative estimate of drug-likeness (QED) is 0.528. The highest BCUT2D eigenvalue weighted by Gasteiger charge is 2.29. The van der Waals surface area contributed by atoms with Crippen LogP contribution in [0.1, 0.15) is 12.0 Å². The summed E-state index contributed by atoms with van der Waals surface area (Å²) >= 11 is 0. The van der Waals surface area contributed by atoms with Gasteiger partial charge in [-0.1, -0.05) is 42.5 Å². The Labute approximate surface area is 183 Å². The van der Waals surface area contributed by atoms with Gasteiger partial charge < -0.3 is 25.0 Å². The van der Waals surface area contributed by atoms with Crippen LogP contribution in [0.15, 0.2) is 59.6 Å². The number of benzene rings is 2. The van der Waals surface area contributed by atoms with Crippen LogP contribution in [0, 0.1) is 5.92 Å². The van der Waals surface area contributed by atoms with Crippen molar-refractivity contribution in [3.63, 3.8) is 0 Å². The molecule has 2 atom stereocenters. The molecule has 0 aliphatic carbocycles. The summed E-state index contributed by atoms with van der Waals surface area (Å²) in [6, 6.07) is 18.0. The van der Waals surface area contributed by atoms with E-state index in [0.717, 1.165) is 31.0 Å². The molecule has 2 N–H and O–H groups in total. The average molecular weight is 423 g/mol. The lowest BCUT2D eigenvalue weighted by Crippen LogP contribution is -2.46. The van der Waals surface area contributed by atoms with Crippen LogP contribution in [0.5, 0.6) is 11.5 Å². The van der Waals surface area contributed by atoms with Gasteiger partial charge in [0.2, 0.25) is 5.91 Å². The topological polar surface area (TPSA) is 75.2 Å². The van der Waals surface area contributed by atoms with Gasteiger partial charge in [-0.15, -0.1) is 0 Å². The zero-order chi connectivity index (χ0) is 21.5. The van der Waals surface area contributed by atoms with E-state index < -0.39 is 0 Å². The van der Waals surface area contributed by atoms with Crippen molar-refractivity contribution < 1.29 is 14.3 Å². The van der Waals surface area contributed by atoms with Crippen LogP contribution in [0.2, 0.25) is 0 Å². The van der Waals surface area contributed by atoms with E-state index in [4.69, 9.17) is 9.47 Å². The molecule has 4 rings (SSSR count). The highest BCUT2D eigenvalue weighted by molar-refractivity contribution is 5.80. The van der Waals surface area contributed by atoms with Crippen molar-refractivity contribution in [1.82, 2.24) is 15.5 Å². The van der Waals surface area contributed by atoms with E-state index in [0.29, 0.717) is 32.1 Å². The lowest BCUT2D eigenvalue weighted by Gasteiger charge is -2.27. The van der Waals surface area contributed by atoms with Crippen LogP contribution in [-0.4, -0.2) is 62.7 Å². The SMILES string of the molecule is CN=C(NCC1CC(=O)N(CCc2ccccc2)C1)NCC1COc2ccccc2O1. The van der Waals surface area contributed by atoms with Gasteiger partial charge in [-0.2, -0.15) is 0 Å². The number of aliphatic imine (C=N–C) groups is 1. The van der Waals surface area contributed by atoms with E-state index >= 15 is 0 Å². The fourth-order valence-electron chi connectivity index (χ4n) is 3.95. The minimum atomic E-state index is -0.0880. The van der Waals surface area contributed by atoms with E-state index in [-0.39, 0.29) is 17.9 Å². The number of nitrogens with one attached hydrogen (secondary N) is 2. The second-order valence-corrected chi connectivity index (χ2v) is 7.98. The molecular weight excluding hydrogens is 392 g/mol. The zero-order valence-electron chi connectivity index (χ0n) is 17.9. The van der Waals surface area contributed by atoms with E-state index in [9.17, 15) is 4.79 Å². The van der Waals surface area contributed by atoms with Crippen molar-refractivity contribution >= 4 is 11.9 Å². The van der Waals surface area contributed by atoms with Crippen LogP contribution in [0.3, 0.4) is 0 Å². The molecule has 2 aliphatic rings. The summed E-state index contributed by atoms with van der Waals surface area (Å²) in [4.78, 5) is 18.6. The monoisotopic (exact) mass is 422 g/mol. The lowest BCUT2D eigenvalue weighted by molar-refractivity contribution is -0.127. The summed E-state index contributed by atoms with van der Waals surface area (Å²) in [5.41, 5.74) is 1.26. The number of nitrogens with zero attached hydrogens (tertiary/aromatic N) is 2. The van der Waals surface area contributed by atoms with Crippen molar-refractivity contribution in [2.24, 2.45) is 10.9 Å². The number of carbonyl (C=O) groups is 1. The lowest BCUT2D eigenvalue weighted by atomic mass is 10.1. The van der Waals surface area contributed by atoms with Crippen molar-refractivity contribution in [3.05, 3.63) is 60.2 Å². The molecule has 0 spiro atoms. The van der Waals surface area contributed by atoms with Gasteiger partial charge in [0.05, 0.1) is 6.54 Å². The third-order valence-electron chi connectivity index (χ3n) is 5.65. The molecule has 164 valence electrons. The second-order valence-electron chi connectivity index (χ2n) is 7.98. The molecule has 31 heavy (non-hydrogen) atoms. The zero-order valence-corrected chi connectivity index (χ0v) is 17.9. The number of ether oxygens (including phenoxy) is 2. The predicted molar refractivity (Wildman–Crippen MR) is 121 cm³/mol. The van der Waals surface area contributed by atoms with Gasteiger partial charge in [-0.3, -0.25) is 9.79 Å². The maximum atomic E-state index is 12.4. The minimum absolute atomic E-state index is 0.0880. The summed E-state index contributed by atoms with van der Waals surface area (Å²) in [5, 5.41) is 6.65. The second kappa shape index (κ2) is 10.2. The number of rotatable bonds is 7. The number of hydrogen-bond acceptors (Lipinski definition) is 4. The normalized spacial score (nSPS) is 20.6. The number of hydrogen-bond donors (Lipinski definition) is 2. The van der Waals surface area contributed by atoms with Crippen LogP contribution in [0.25, 0.3) is 0 Å². The number of guanidine groups is 1. The number of carbonyl (C=O) groups excluding carboxylic acids is 1. The molecular formula is C24H30N4O3. The van der Waals surface area contributed by atoms with Crippen molar-refractivity contribution in [2.75, 3.05) is 39.8 Å². The fourth-order valence-corrected chi connectivity index (χ4v) is 3.95. The van der Waals surface area contributed by atoms with Crippen LogP contribution < -0.4 is 20.1 Å². The first-order valence-electron chi connectivity index (χ1n) is 10.9. The Balaban J connectivity index is 1.18. The number of fused-ring (bicyclic) bond motifs is 1. The van der Waals surface area contributed by atoms with Gasteiger partial charge in [-0.25, -0.2) is 0 Å². The first kappa shape index (κ1) is 21.0. The molecule has 2 aromatic carbocycles. The molecule has 1 fully saturated rings.